The van der Waals surface area contributed by atoms with Crippen LogP contribution in [-0.4, -0.2) is 7.05 Å². The molecule has 0 atom stereocenters. The third kappa shape index (κ3) is 3.98. The fraction of sp³-hybridized carbons (Fsp3) is 0.250. The van der Waals surface area contributed by atoms with Gasteiger partial charge in [0.25, 0.3) is 0 Å². The molecule has 68 valence electrons. The molecule has 0 saturated heterocycles. The molecule has 0 heterocycles. The number of hydrogen-bond acceptors (Lipinski definition) is 4. The van der Waals surface area contributed by atoms with Crippen molar-refractivity contribution in [3.63, 3.8) is 0 Å². The molecular formula is C8H13N2OS-. The minimum absolute atomic E-state index is 0.544. The number of rotatable bonds is 3. The number of nitrogens with zero attached hydrogens (tertiary/aromatic N) is 1. The topological polar surface area (TPSA) is 55.5 Å². The van der Waals surface area contributed by atoms with Gasteiger partial charge in [-0.2, -0.15) is 10.6 Å². The Balaban J connectivity index is 4.60. The van der Waals surface area contributed by atoms with E-state index in [4.69, 9.17) is 5.73 Å². The molecule has 0 rings (SSSR count). The number of hydrogen-bond donors (Lipinski definition) is 1. The van der Waals surface area contributed by atoms with Gasteiger partial charge in [-0.05, 0) is 12.2 Å². The van der Waals surface area contributed by atoms with E-state index in [2.05, 4.69) is 10.9 Å². The molecule has 0 aromatic rings. The first-order valence-corrected chi connectivity index (χ1v) is 4.50. The zero-order valence-electron chi connectivity index (χ0n) is 7.28. The van der Waals surface area contributed by atoms with Crippen molar-refractivity contribution < 1.29 is 4.21 Å². The van der Waals surface area contributed by atoms with Gasteiger partial charge in [-0.15, -0.1) is 4.91 Å². The Kier molecular flexibility index (Phi) is 5.12. The number of allylic oxidation sites excluding steroid dienone is 4. The standard InChI is InChI=1S/C8H13N2OS/c1-4-8(9)6-5-7(2)12(11)10-3/h4-6H,1,9H2,2-3H3/q-1. The molecule has 0 amide bonds. The van der Waals surface area contributed by atoms with E-state index in [0.29, 0.717) is 10.6 Å². The van der Waals surface area contributed by atoms with Crippen LogP contribution in [0.5, 0.6) is 0 Å². The second kappa shape index (κ2) is 5.60. The lowest BCUT2D eigenvalue weighted by Crippen LogP contribution is -1.90. The molecule has 0 saturated carbocycles. The lowest BCUT2D eigenvalue weighted by atomic mass is 10.4. The van der Waals surface area contributed by atoms with Crippen molar-refractivity contribution in [3.8, 4) is 0 Å². The molecule has 0 fully saturated rings. The van der Waals surface area contributed by atoms with Gasteiger partial charge in [0.1, 0.15) is 0 Å². The van der Waals surface area contributed by atoms with Gasteiger partial charge in [-0.25, -0.2) is 0 Å². The smallest absolute Gasteiger partial charge is 0.0307 e. The summed E-state index contributed by atoms with van der Waals surface area (Å²) in [5.41, 5.74) is 5.98. The van der Waals surface area contributed by atoms with Crippen molar-refractivity contribution in [2.24, 2.45) is 10.1 Å². The predicted octanol–water partition coefficient (Wildman–Crippen LogP) is 1.70. The van der Waals surface area contributed by atoms with Crippen molar-refractivity contribution >= 4 is 10.6 Å². The molecule has 4 heteroatoms. The Bertz CT molecular complexity index is 296. The van der Waals surface area contributed by atoms with Gasteiger partial charge in [-0.3, -0.25) is 0 Å². The molecule has 0 bridgehead atoms. The van der Waals surface area contributed by atoms with Crippen molar-refractivity contribution in [1.82, 2.24) is 0 Å². The lowest BCUT2D eigenvalue weighted by Gasteiger charge is -2.00. The van der Waals surface area contributed by atoms with Crippen LogP contribution < -0.4 is 5.73 Å². The molecule has 3 nitrogen and oxygen atoms in total. The molecule has 0 unspecified atom stereocenters. The van der Waals surface area contributed by atoms with Crippen LogP contribution in [0.15, 0.2) is 39.8 Å². The fourth-order valence-electron chi connectivity index (χ4n) is 0.484. The summed E-state index contributed by atoms with van der Waals surface area (Å²) >= 11 is 0. The van der Waals surface area contributed by atoms with Crippen molar-refractivity contribution in [2.75, 3.05) is 7.05 Å². The predicted molar refractivity (Wildman–Crippen MR) is 52.6 cm³/mol. The van der Waals surface area contributed by atoms with Crippen LogP contribution >= 0.6 is 0 Å². The van der Waals surface area contributed by atoms with E-state index in [-0.39, 0.29) is 0 Å². The summed E-state index contributed by atoms with van der Waals surface area (Å²) in [7, 11) is 0.269. The summed E-state index contributed by atoms with van der Waals surface area (Å²) in [5, 5.41) is 0. The Labute approximate surface area is 74.9 Å². The maximum Gasteiger partial charge on any atom is 0.0307 e. The van der Waals surface area contributed by atoms with Gasteiger partial charge < -0.3 is 14.3 Å². The monoisotopic (exact) mass is 185 g/mol. The van der Waals surface area contributed by atoms with Gasteiger partial charge in [0.2, 0.25) is 0 Å². The maximum atomic E-state index is 11.0. The van der Waals surface area contributed by atoms with E-state index in [0.717, 1.165) is 0 Å². The first kappa shape index (κ1) is 11.0. The average Bonchev–Trinajstić information content (AvgIpc) is 2.11. The van der Waals surface area contributed by atoms with Crippen LogP contribution in [0.1, 0.15) is 6.92 Å². The number of nitrogens with two attached hydrogens (primary N) is 1. The van der Waals surface area contributed by atoms with E-state index >= 15 is 0 Å². The Morgan fingerprint density at radius 2 is 2.17 bits per heavy atom. The molecule has 0 aromatic heterocycles. The van der Waals surface area contributed by atoms with E-state index in [1.54, 1.807) is 19.1 Å². The maximum absolute atomic E-state index is 11.0. The zero-order chi connectivity index (χ0) is 9.56. The van der Waals surface area contributed by atoms with Gasteiger partial charge in [-0.1, -0.05) is 19.6 Å². The Morgan fingerprint density at radius 1 is 1.58 bits per heavy atom. The molecular weight excluding hydrogens is 172 g/mol. The zero-order valence-corrected chi connectivity index (χ0v) is 8.10. The average molecular weight is 185 g/mol. The summed E-state index contributed by atoms with van der Waals surface area (Å²) in [6.07, 6.45) is 4.83. The SMILES string of the molecule is C=CC(N)=CC=C(C)[S-](=O)=NC. The fourth-order valence-corrected chi connectivity index (χ4v) is 0.956. The summed E-state index contributed by atoms with van der Waals surface area (Å²) < 4.78 is 14.6. The van der Waals surface area contributed by atoms with E-state index < -0.39 is 10.6 Å². The molecule has 12 heavy (non-hydrogen) atoms. The quantitative estimate of drug-likeness (QED) is 0.537. The van der Waals surface area contributed by atoms with Crippen molar-refractivity contribution in [3.05, 3.63) is 35.4 Å². The minimum Gasteiger partial charge on any atom is -0.440 e. The molecule has 0 aliphatic rings. The first-order chi connectivity index (χ1) is 5.61. The first-order valence-electron chi connectivity index (χ1n) is 3.40. The lowest BCUT2D eigenvalue weighted by molar-refractivity contribution is 0.602. The molecule has 0 aliphatic heterocycles. The van der Waals surface area contributed by atoms with Crippen LogP contribution in [0, 0.1) is 0 Å². The third-order valence-corrected chi connectivity index (χ3v) is 2.21. The molecule has 0 aromatic carbocycles. The second-order valence-corrected chi connectivity index (χ2v) is 3.59. The Hall–Kier alpha value is -1.03. The van der Waals surface area contributed by atoms with Crippen LogP contribution in [-0.2, 0) is 14.8 Å². The highest BCUT2D eigenvalue weighted by atomic mass is 32.2. The van der Waals surface area contributed by atoms with E-state index in [1.165, 1.54) is 13.1 Å². The normalized spacial score (nSPS) is 16.2. The van der Waals surface area contributed by atoms with Gasteiger partial charge in [0, 0.05) is 12.7 Å². The molecule has 0 radical (unpaired) electrons. The van der Waals surface area contributed by atoms with Gasteiger partial charge in [0.05, 0.1) is 0 Å². The highest BCUT2D eigenvalue weighted by molar-refractivity contribution is 7.79. The van der Waals surface area contributed by atoms with Crippen LogP contribution in [0.2, 0.25) is 0 Å². The highest BCUT2D eigenvalue weighted by Crippen LogP contribution is 1.97. The van der Waals surface area contributed by atoms with Gasteiger partial charge >= 0.3 is 0 Å². The Morgan fingerprint density at radius 3 is 2.58 bits per heavy atom. The largest absolute Gasteiger partial charge is 0.440 e. The second-order valence-electron chi connectivity index (χ2n) is 2.08. The highest BCUT2D eigenvalue weighted by Gasteiger charge is 1.76. The minimum atomic E-state index is -1.24. The van der Waals surface area contributed by atoms with Gasteiger partial charge in [0.15, 0.2) is 0 Å². The van der Waals surface area contributed by atoms with E-state index in [1.807, 2.05) is 0 Å². The van der Waals surface area contributed by atoms with Crippen LogP contribution in [0.4, 0.5) is 0 Å². The third-order valence-electron chi connectivity index (χ3n) is 1.19. The summed E-state index contributed by atoms with van der Waals surface area (Å²) in [6, 6.07) is 0. The molecule has 2 N–H and O–H groups in total. The van der Waals surface area contributed by atoms with Crippen LogP contribution in [0.25, 0.3) is 0 Å². The summed E-state index contributed by atoms with van der Waals surface area (Å²) in [5.74, 6) is 0. The molecule has 0 spiro atoms. The summed E-state index contributed by atoms with van der Waals surface area (Å²) in [4.78, 5) is 0.669. The van der Waals surface area contributed by atoms with E-state index in [9.17, 15) is 4.21 Å². The van der Waals surface area contributed by atoms with Crippen LogP contribution in [0.3, 0.4) is 0 Å². The molecule has 0 aliphatic carbocycles. The van der Waals surface area contributed by atoms with Crippen molar-refractivity contribution in [2.45, 2.75) is 6.92 Å². The summed E-state index contributed by atoms with van der Waals surface area (Å²) in [6.45, 7) is 5.21. The van der Waals surface area contributed by atoms with Crippen molar-refractivity contribution in [1.29, 1.82) is 0 Å².